The van der Waals surface area contributed by atoms with Crippen molar-refractivity contribution >= 4 is 17.5 Å². The molecule has 19 heavy (non-hydrogen) atoms. The minimum Gasteiger partial charge on any atom is -0.384 e. The predicted octanol–water partition coefficient (Wildman–Crippen LogP) is 2.04. The molecule has 0 radical (unpaired) electrons. The van der Waals surface area contributed by atoms with Crippen LogP contribution in [0.4, 0.5) is 0 Å². The van der Waals surface area contributed by atoms with Gasteiger partial charge in [0.1, 0.15) is 6.61 Å². The van der Waals surface area contributed by atoms with Gasteiger partial charge in [-0.25, -0.2) is 0 Å². The van der Waals surface area contributed by atoms with E-state index < -0.39 is 0 Å². The van der Waals surface area contributed by atoms with Crippen LogP contribution < -0.4 is 0 Å². The molecule has 0 saturated carbocycles. The summed E-state index contributed by atoms with van der Waals surface area (Å²) >= 11 is 5.88. The summed E-state index contributed by atoms with van der Waals surface area (Å²) in [6.45, 7) is 1.14. The highest BCUT2D eigenvalue weighted by atomic mass is 35.5. The molecule has 100 valence electrons. The maximum atomic E-state index is 11.8. The number of aliphatic hydroxyl groups excluding tert-OH is 1. The lowest BCUT2D eigenvalue weighted by Crippen LogP contribution is -2.38. The number of aliphatic hydroxyl groups is 1. The minimum absolute atomic E-state index is 0.201. The first-order chi connectivity index (χ1) is 9.20. The molecular weight excluding hydrogens is 262 g/mol. The number of hydrogen-bond acceptors (Lipinski definition) is 2. The van der Waals surface area contributed by atoms with Crippen molar-refractivity contribution in [3.8, 4) is 11.8 Å². The Bertz CT molecular complexity index is 501. The van der Waals surface area contributed by atoms with Crippen molar-refractivity contribution in [3.63, 3.8) is 0 Å². The molecule has 0 aliphatic carbocycles. The van der Waals surface area contributed by atoms with Gasteiger partial charge in [0.2, 0.25) is 0 Å². The molecule has 1 unspecified atom stereocenters. The van der Waals surface area contributed by atoms with E-state index in [1.54, 1.807) is 4.90 Å². The van der Waals surface area contributed by atoms with Crippen molar-refractivity contribution < 1.29 is 9.90 Å². The van der Waals surface area contributed by atoms with E-state index in [9.17, 15) is 4.79 Å². The number of benzene rings is 1. The Morgan fingerprint density at radius 3 is 2.84 bits per heavy atom. The monoisotopic (exact) mass is 277 g/mol. The molecule has 1 aliphatic heterocycles. The van der Waals surface area contributed by atoms with E-state index in [0.29, 0.717) is 12.5 Å². The van der Waals surface area contributed by atoms with Crippen LogP contribution in [0.15, 0.2) is 24.3 Å². The van der Waals surface area contributed by atoms with Crippen LogP contribution in [0, 0.1) is 11.8 Å². The number of amides is 1. The Balaban J connectivity index is 2.04. The summed E-state index contributed by atoms with van der Waals surface area (Å²) in [4.78, 5) is 13.6. The Morgan fingerprint density at radius 1 is 1.42 bits per heavy atom. The largest absolute Gasteiger partial charge is 0.384 e. The zero-order chi connectivity index (χ0) is 13.7. The van der Waals surface area contributed by atoms with Crippen molar-refractivity contribution in [3.05, 3.63) is 34.9 Å². The zero-order valence-corrected chi connectivity index (χ0v) is 11.4. The van der Waals surface area contributed by atoms with Crippen LogP contribution in [0.1, 0.15) is 24.3 Å². The van der Waals surface area contributed by atoms with Gasteiger partial charge in [0.15, 0.2) is 0 Å². The molecule has 3 nitrogen and oxygen atoms in total. The van der Waals surface area contributed by atoms with Crippen molar-refractivity contribution in [2.75, 3.05) is 19.7 Å². The molecule has 1 amide bonds. The SMILES string of the molecule is O=C(C#CCO)N1CCCC(c2ccc(Cl)cc2)C1. The molecule has 1 fully saturated rings. The molecule has 1 aromatic carbocycles. The highest BCUT2D eigenvalue weighted by molar-refractivity contribution is 6.30. The topological polar surface area (TPSA) is 40.5 Å². The van der Waals surface area contributed by atoms with Crippen molar-refractivity contribution in [2.24, 2.45) is 0 Å². The van der Waals surface area contributed by atoms with E-state index in [0.717, 1.165) is 24.4 Å². The number of likely N-dealkylation sites (tertiary alicyclic amines) is 1. The van der Waals surface area contributed by atoms with E-state index in [1.807, 2.05) is 24.3 Å². The Kier molecular flexibility index (Phi) is 4.84. The van der Waals surface area contributed by atoms with Gasteiger partial charge >= 0.3 is 0 Å². The maximum Gasteiger partial charge on any atom is 0.298 e. The first-order valence-corrected chi connectivity index (χ1v) is 6.72. The minimum atomic E-state index is -0.278. The fourth-order valence-electron chi connectivity index (χ4n) is 2.36. The summed E-state index contributed by atoms with van der Waals surface area (Å²) in [7, 11) is 0. The third-order valence-electron chi connectivity index (χ3n) is 3.32. The summed E-state index contributed by atoms with van der Waals surface area (Å²) in [5.41, 5.74) is 1.21. The lowest BCUT2D eigenvalue weighted by Gasteiger charge is -2.31. The highest BCUT2D eigenvalue weighted by Gasteiger charge is 2.23. The number of hydrogen-bond donors (Lipinski definition) is 1. The summed E-state index contributed by atoms with van der Waals surface area (Å²) in [5.74, 6) is 4.99. The Hall–Kier alpha value is -1.50. The van der Waals surface area contributed by atoms with Crippen LogP contribution in [-0.4, -0.2) is 35.6 Å². The van der Waals surface area contributed by atoms with E-state index in [4.69, 9.17) is 16.7 Å². The van der Waals surface area contributed by atoms with Gasteiger partial charge < -0.3 is 10.0 Å². The van der Waals surface area contributed by atoms with E-state index in [2.05, 4.69) is 11.8 Å². The molecule has 0 spiro atoms. The second-order valence-corrected chi connectivity index (χ2v) is 5.04. The average molecular weight is 278 g/mol. The Labute approximate surface area is 118 Å². The van der Waals surface area contributed by atoms with Crippen LogP contribution in [0.5, 0.6) is 0 Å². The zero-order valence-electron chi connectivity index (χ0n) is 10.6. The number of piperidine rings is 1. The van der Waals surface area contributed by atoms with Gasteiger partial charge in [-0.3, -0.25) is 4.79 Å². The molecule has 4 heteroatoms. The average Bonchev–Trinajstić information content (AvgIpc) is 2.45. The molecule has 0 bridgehead atoms. The lowest BCUT2D eigenvalue weighted by molar-refractivity contribution is -0.126. The summed E-state index contributed by atoms with van der Waals surface area (Å²) in [5, 5.41) is 9.34. The van der Waals surface area contributed by atoms with Gasteiger partial charge in [0.05, 0.1) is 0 Å². The molecule has 0 aromatic heterocycles. The molecule has 2 rings (SSSR count). The lowest BCUT2D eigenvalue weighted by atomic mass is 9.90. The van der Waals surface area contributed by atoms with Crippen LogP contribution in [0.2, 0.25) is 5.02 Å². The second-order valence-electron chi connectivity index (χ2n) is 4.60. The third kappa shape index (κ3) is 3.73. The van der Waals surface area contributed by atoms with Crippen molar-refractivity contribution in [1.29, 1.82) is 0 Å². The fourth-order valence-corrected chi connectivity index (χ4v) is 2.49. The van der Waals surface area contributed by atoms with Gasteiger partial charge in [-0.2, -0.15) is 0 Å². The molecule has 1 aromatic rings. The van der Waals surface area contributed by atoms with Crippen LogP contribution >= 0.6 is 11.6 Å². The predicted molar refractivity (Wildman–Crippen MR) is 74.9 cm³/mol. The van der Waals surface area contributed by atoms with Gasteiger partial charge in [0.25, 0.3) is 5.91 Å². The van der Waals surface area contributed by atoms with Gasteiger partial charge in [0, 0.05) is 24.0 Å². The third-order valence-corrected chi connectivity index (χ3v) is 3.58. The molecule has 1 heterocycles. The first-order valence-electron chi connectivity index (χ1n) is 6.35. The van der Waals surface area contributed by atoms with Gasteiger partial charge in [-0.15, -0.1) is 0 Å². The standard InChI is InChI=1S/C15H16ClNO2/c16-14-7-5-12(6-8-14)13-3-1-9-17(11-13)15(19)4-2-10-18/h5-8,13,18H,1,3,9-11H2. The fraction of sp³-hybridized carbons (Fsp3) is 0.400. The molecule has 1 saturated heterocycles. The number of carbonyl (C=O) groups is 1. The van der Waals surface area contributed by atoms with Crippen molar-refractivity contribution in [1.82, 2.24) is 4.90 Å². The quantitative estimate of drug-likeness (QED) is 0.798. The summed E-state index contributed by atoms with van der Waals surface area (Å²) < 4.78 is 0. The summed E-state index contributed by atoms with van der Waals surface area (Å²) in [6.07, 6.45) is 2.04. The maximum absolute atomic E-state index is 11.8. The van der Waals surface area contributed by atoms with E-state index >= 15 is 0 Å². The van der Waals surface area contributed by atoms with Crippen molar-refractivity contribution in [2.45, 2.75) is 18.8 Å². The first kappa shape index (κ1) is 13.9. The van der Waals surface area contributed by atoms with Crippen LogP contribution in [0.3, 0.4) is 0 Å². The van der Waals surface area contributed by atoms with Gasteiger partial charge in [-0.05, 0) is 36.5 Å². The normalized spacial score (nSPS) is 18.6. The van der Waals surface area contributed by atoms with E-state index in [1.165, 1.54) is 5.56 Å². The van der Waals surface area contributed by atoms with Crippen LogP contribution in [-0.2, 0) is 4.79 Å². The number of nitrogens with zero attached hydrogens (tertiary/aromatic N) is 1. The molecular formula is C15H16ClNO2. The number of carbonyl (C=O) groups excluding carboxylic acids is 1. The molecule has 1 atom stereocenters. The Morgan fingerprint density at radius 2 is 2.16 bits per heavy atom. The van der Waals surface area contributed by atoms with Gasteiger partial charge in [-0.1, -0.05) is 29.7 Å². The second kappa shape index (κ2) is 6.60. The van der Waals surface area contributed by atoms with E-state index in [-0.39, 0.29) is 12.5 Å². The van der Waals surface area contributed by atoms with Crippen LogP contribution in [0.25, 0.3) is 0 Å². The number of halogens is 1. The number of rotatable bonds is 1. The summed E-state index contributed by atoms with van der Waals surface area (Å²) in [6, 6.07) is 7.78. The smallest absolute Gasteiger partial charge is 0.298 e. The molecule has 1 aliphatic rings. The highest BCUT2D eigenvalue weighted by Crippen LogP contribution is 2.27. The molecule has 1 N–H and O–H groups in total.